The summed E-state index contributed by atoms with van der Waals surface area (Å²) in [5.74, 6) is 0. The van der Waals surface area contributed by atoms with E-state index in [2.05, 4.69) is 168 Å². The lowest BCUT2D eigenvalue weighted by atomic mass is 9.90. The molecule has 3 heterocycles. The average molecular weight is 682 g/mol. The molecule has 0 fully saturated rings. The van der Waals surface area contributed by atoms with Gasteiger partial charge < -0.3 is 4.57 Å². The van der Waals surface area contributed by atoms with Crippen LogP contribution >= 0.6 is 22.7 Å². The first kappa shape index (κ1) is 27.8. The van der Waals surface area contributed by atoms with Crippen molar-refractivity contribution < 1.29 is 0 Å². The summed E-state index contributed by atoms with van der Waals surface area (Å²) in [7, 11) is 0. The van der Waals surface area contributed by atoms with Gasteiger partial charge in [-0.3, -0.25) is 0 Å². The fourth-order valence-corrected chi connectivity index (χ4v) is 11.4. The molecule has 0 radical (unpaired) electrons. The average Bonchev–Trinajstić information content (AvgIpc) is 3.88. The van der Waals surface area contributed by atoms with Gasteiger partial charge in [0.1, 0.15) is 0 Å². The van der Waals surface area contributed by atoms with Crippen molar-refractivity contribution in [3.05, 3.63) is 164 Å². The van der Waals surface area contributed by atoms with Gasteiger partial charge in [-0.25, -0.2) is 0 Å². The van der Waals surface area contributed by atoms with Gasteiger partial charge in [0.2, 0.25) is 0 Å². The van der Waals surface area contributed by atoms with E-state index >= 15 is 0 Å². The van der Waals surface area contributed by atoms with Gasteiger partial charge in [-0.15, -0.1) is 22.7 Å². The Morgan fingerprint density at radius 2 is 0.922 bits per heavy atom. The molecule has 3 aromatic heterocycles. The topological polar surface area (TPSA) is 4.93 Å². The van der Waals surface area contributed by atoms with Gasteiger partial charge in [0.25, 0.3) is 0 Å². The Labute approximate surface area is 300 Å². The predicted octanol–water partition coefficient (Wildman–Crippen LogP) is 14.6. The standard InChI is InChI=1S/C48H27NS2/c1-2-17-33-32(16-1)42-38-21-7-10-26-41(38)51-48(42)45-34-18-3-4-19-35(34)46-44(43(33)45)37-20-5-8-24-39(37)49(46)29-14-11-13-28(27-29)30-22-12-23-36-31-15-6-9-25-40(31)50-47(30)36/h1-27H. The minimum atomic E-state index is 1.17. The first-order valence-electron chi connectivity index (χ1n) is 17.4. The molecule has 0 spiro atoms. The van der Waals surface area contributed by atoms with Crippen LogP contribution in [0.3, 0.4) is 0 Å². The highest BCUT2D eigenvalue weighted by Gasteiger charge is 2.24. The van der Waals surface area contributed by atoms with Crippen LogP contribution in [0.15, 0.2) is 164 Å². The smallest absolute Gasteiger partial charge is 0.0626 e. The summed E-state index contributed by atoms with van der Waals surface area (Å²) in [6, 6.07) is 60.8. The van der Waals surface area contributed by atoms with E-state index in [0.717, 1.165) is 0 Å². The molecule has 0 aliphatic rings. The van der Waals surface area contributed by atoms with E-state index in [-0.39, 0.29) is 0 Å². The molecule has 0 aliphatic carbocycles. The van der Waals surface area contributed by atoms with E-state index in [0.29, 0.717) is 0 Å². The number of benzene rings is 9. The summed E-state index contributed by atoms with van der Waals surface area (Å²) in [4.78, 5) is 0. The molecular formula is C48H27NS2. The highest BCUT2D eigenvalue weighted by molar-refractivity contribution is 7.27. The van der Waals surface area contributed by atoms with Gasteiger partial charge in [-0.1, -0.05) is 133 Å². The van der Waals surface area contributed by atoms with Crippen LogP contribution in [0.1, 0.15) is 0 Å². The van der Waals surface area contributed by atoms with Crippen LogP contribution in [0.2, 0.25) is 0 Å². The molecule has 236 valence electrons. The van der Waals surface area contributed by atoms with Crippen LogP contribution in [0, 0.1) is 0 Å². The summed E-state index contributed by atoms with van der Waals surface area (Å²) in [5.41, 5.74) is 6.18. The van der Waals surface area contributed by atoms with Gasteiger partial charge in [0, 0.05) is 73.0 Å². The van der Waals surface area contributed by atoms with E-state index in [9.17, 15) is 0 Å². The van der Waals surface area contributed by atoms with Crippen molar-refractivity contribution in [2.75, 3.05) is 0 Å². The molecule has 51 heavy (non-hydrogen) atoms. The van der Waals surface area contributed by atoms with Crippen molar-refractivity contribution in [2.24, 2.45) is 0 Å². The van der Waals surface area contributed by atoms with Crippen LogP contribution in [-0.2, 0) is 0 Å². The van der Waals surface area contributed by atoms with Gasteiger partial charge >= 0.3 is 0 Å². The van der Waals surface area contributed by atoms with Crippen molar-refractivity contribution in [1.82, 2.24) is 4.57 Å². The zero-order chi connectivity index (χ0) is 33.2. The lowest BCUT2D eigenvalue weighted by Crippen LogP contribution is -1.95. The molecule has 9 aromatic carbocycles. The number of hydrogen-bond acceptors (Lipinski definition) is 2. The molecule has 1 nitrogen and oxygen atoms in total. The second-order valence-electron chi connectivity index (χ2n) is 13.6. The Morgan fingerprint density at radius 3 is 1.73 bits per heavy atom. The van der Waals surface area contributed by atoms with Crippen molar-refractivity contribution in [3.8, 4) is 16.8 Å². The van der Waals surface area contributed by atoms with E-state index in [1.165, 1.54) is 111 Å². The number of para-hydroxylation sites is 1. The maximum absolute atomic E-state index is 2.53. The zero-order valence-corrected chi connectivity index (χ0v) is 29.0. The molecule has 0 aliphatic heterocycles. The first-order valence-corrected chi connectivity index (χ1v) is 19.1. The molecule has 0 unspecified atom stereocenters. The second kappa shape index (κ2) is 10.3. The number of rotatable bonds is 2. The van der Waals surface area contributed by atoms with Crippen LogP contribution in [0.5, 0.6) is 0 Å². The number of fused-ring (bicyclic) bond motifs is 18. The molecule has 0 saturated heterocycles. The maximum Gasteiger partial charge on any atom is 0.0626 e. The number of thiophene rings is 2. The molecule has 3 heteroatoms. The lowest BCUT2D eigenvalue weighted by molar-refractivity contribution is 1.19. The van der Waals surface area contributed by atoms with E-state index in [1.807, 2.05) is 22.7 Å². The van der Waals surface area contributed by atoms with Crippen molar-refractivity contribution in [3.63, 3.8) is 0 Å². The van der Waals surface area contributed by atoms with Crippen molar-refractivity contribution in [1.29, 1.82) is 0 Å². The number of aromatic nitrogens is 1. The Hall–Kier alpha value is -6.00. The fourth-order valence-electron chi connectivity index (χ4n) is 8.88. The molecule has 12 aromatic rings. The fraction of sp³-hybridized carbons (Fsp3) is 0. The van der Waals surface area contributed by atoms with Crippen molar-refractivity contribution >= 4 is 117 Å². The lowest BCUT2D eigenvalue weighted by Gasteiger charge is -2.15. The molecule has 0 saturated carbocycles. The third kappa shape index (κ3) is 3.69. The van der Waals surface area contributed by atoms with Crippen LogP contribution in [0.25, 0.3) is 111 Å². The summed E-state index contributed by atoms with van der Waals surface area (Å²) in [6.07, 6.45) is 0. The Balaban J connectivity index is 1.26. The van der Waals surface area contributed by atoms with E-state index in [1.54, 1.807) is 0 Å². The van der Waals surface area contributed by atoms with Crippen molar-refractivity contribution in [2.45, 2.75) is 0 Å². The summed E-state index contributed by atoms with van der Waals surface area (Å²) < 4.78 is 7.91. The minimum Gasteiger partial charge on any atom is -0.309 e. The highest BCUT2D eigenvalue weighted by Crippen LogP contribution is 2.51. The number of nitrogens with zero attached hydrogens (tertiary/aromatic N) is 1. The van der Waals surface area contributed by atoms with Crippen LogP contribution in [0.4, 0.5) is 0 Å². The largest absolute Gasteiger partial charge is 0.309 e. The molecule has 0 atom stereocenters. The SMILES string of the molecule is c1cc(-c2cccc3c2sc2ccccc23)cc(-n2c3ccccc3c3c4c5ccccc5c5c6ccccc6sc5c4c4ccccc4c32)c1. The first-order chi connectivity index (χ1) is 25.3. The zero-order valence-electron chi connectivity index (χ0n) is 27.4. The van der Waals surface area contributed by atoms with Gasteiger partial charge in [0.05, 0.1) is 11.0 Å². The van der Waals surface area contributed by atoms with Crippen LogP contribution in [-0.4, -0.2) is 4.57 Å². The molecule has 0 bridgehead atoms. The quantitative estimate of drug-likeness (QED) is 0.160. The Morgan fingerprint density at radius 1 is 0.353 bits per heavy atom. The summed E-state index contributed by atoms with van der Waals surface area (Å²) in [6.45, 7) is 0. The van der Waals surface area contributed by atoms with Gasteiger partial charge in [-0.2, -0.15) is 0 Å². The van der Waals surface area contributed by atoms with Gasteiger partial charge in [-0.05, 0) is 57.6 Å². The highest BCUT2D eigenvalue weighted by atomic mass is 32.1. The molecule has 0 amide bonds. The summed E-state index contributed by atoms with van der Waals surface area (Å²) in [5, 5.41) is 15.9. The normalized spacial score (nSPS) is 12.3. The summed E-state index contributed by atoms with van der Waals surface area (Å²) >= 11 is 3.83. The maximum atomic E-state index is 2.53. The predicted molar refractivity (Wildman–Crippen MR) is 225 cm³/mol. The Bertz CT molecular complexity index is 3430. The molecule has 12 rings (SSSR count). The monoisotopic (exact) mass is 681 g/mol. The minimum absolute atomic E-state index is 1.17. The van der Waals surface area contributed by atoms with E-state index in [4.69, 9.17) is 0 Å². The third-order valence-corrected chi connectivity index (χ3v) is 13.3. The molecule has 0 N–H and O–H groups in total. The Kier molecular flexibility index (Phi) is 5.59. The van der Waals surface area contributed by atoms with Crippen LogP contribution < -0.4 is 0 Å². The second-order valence-corrected chi connectivity index (χ2v) is 15.7. The third-order valence-electron chi connectivity index (χ3n) is 10.9. The number of hydrogen-bond donors (Lipinski definition) is 0. The van der Waals surface area contributed by atoms with E-state index < -0.39 is 0 Å². The molecular weight excluding hydrogens is 655 g/mol. The van der Waals surface area contributed by atoms with Gasteiger partial charge in [0.15, 0.2) is 0 Å².